The van der Waals surface area contributed by atoms with E-state index in [4.69, 9.17) is 10.5 Å². The number of rotatable bonds is 28. The van der Waals surface area contributed by atoms with Crippen LogP contribution < -0.4 is 5.73 Å². The Labute approximate surface area is 220 Å². The van der Waals surface area contributed by atoms with E-state index in [-0.39, 0.29) is 25.7 Å². The second-order valence-electron chi connectivity index (χ2n) is 9.84. The zero-order chi connectivity index (χ0) is 26.7. The highest BCUT2D eigenvalue weighted by Crippen LogP contribution is 2.42. The Hall–Kier alpha value is -0.500. The van der Waals surface area contributed by atoms with Crippen LogP contribution in [-0.4, -0.2) is 48.4 Å². The van der Waals surface area contributed by atoms with E-state index in [0.29, 0.717) is 6.42 Å². The molecule has 0 aliphatic carbocycles. The number of phosphoric ester groups is 1. The minimum atomic E-state index is -4.24. The van der Waals surface area contributed by atoms with Crippen molar-refractivity contribution in [3.05, 3.63) is 0 Å². The SMILES string of the molecule is CCCCCCCCCCCCCCCCCCCCCC(=O)OCC(O)COP(=O)(O)OCCN. The first-order chi connectivity index (χ1) is 17.4. The van der Waals surface area contributed by atoms with Crippen LogP contribution in [0.1, 0.15) is 135 Å². The van der Waals surface area contributed by atoms with Crippen molar-refractivity contribution in [3.8, 4) is 0 Å². The molecule has 0 amide bonds. The van der Waals surface area contributed by atoms with Crippen molar-refractivity contribution < 1.29 is 33.1 Å². The summed E-state index contributed by atoms with van der Waals surface area (Å²) in [4.78, 5) is 21.1. The third-order valence-corrected chi connectivity index (χ3v) is 7.21. The molecule has 0 saturated carbocycles. The van der Waals surface area contributed by atoms with Crippen LogP contribution in [0.5, 0.6) is 0 Å². The third-order valence-electron chi connectivity index (χ3n) is 6.22. The molecule has 0 bridgehead atoms. The topological polar surface area (TPSA) is 128 Å². The first-order valence-corrected chi connectivity index (χ1v) is 16.1. The number of esters is 1. The fourth-order valence-electron chi connectivity index (χ4n) is 4.04. The van der Waals surface area contributed by atoms with Gasteiger partial charge in [0.2, 0.25) is 0 Å². The Morgan fingerprint density at radius 2 is 1.14 bits per heavy atom. The first-order valence-electron chi connectivity index (χ1n) is 14.6. The quantitative estimate of drug-likeness (QED) is 0.0564. The molecule has 0 aliphatic heterocycles. The van der Waals surface area contributed by atoms with Crippen LogP contribution in [-0.2, 0) is 23.1 Å². The van der Waals surface area contributed by atoms with Crippen LogP contribution in [0.2, 0.25) is 0 Å². The zero-order valence-corrected chi connectivity index (χ0v) is 23.9. The summed E-state index contributed by atoms with van der Waals surface area (Å²) in [5, 5.41) is 9.71. The van der Waals surface area contributed by atoms with Gasteiger partial charge in [-0.2, -0.15) is 0 Å². The average Bonchev–Trinajstić information content (AvgIpc) is 2.86. The van der Waals surface area contributed by atoms with Crippen molar-refractivity contribution in [2.45, 2.75) is 141 Å². The molecule has 0 aromatic rings. The molecule has 0 aromatic carbocycles. The van der Waals surface area contributed by atoms with Gasteiger partial charge in [0.15, 0.2) is 0 Å². The summed E-state index contributed by atoms with van der Waals surface area (Å²) in [5.74, 6) is -0.382. The molecular weight excluding hydrogens is 481 g/mol. The summed E-state index contributed by atoms with van der Waals surface area (Å²) in [6.45, 7) is 1.47. The number of nitrogens with two attached hydrogens (primary N) is 1. The van der Waals surface area contributed by atoms with Crippen LogP contribution in [0.15, 0.2) is 0 Å². The minimum absolute atomic E-state index is 0.0769. The molecule has 2 atom stereocenters. The fraction of sp³-hybridized carbons (Fsp3) is 0.963. The summed E-state index contributed by atoms with van der Waals surface area (Å²) in [5.41, 5.74) is 5.18. The van der Waals surface area contributed by atoms with Crippen LogP contribution in [0.3, 0.4) is 0 Å². The van der Waals surface area contributed by atoms with Gasteiger partial charge >= 0.3 is 13.8 Å². The molecule has 0 aliphatic rings. The van der Waals surface area contributed by atoms with Crippen LogP contribution in [0.4, 0.5) is 0 Å². The summed E-state index contributed by atoms with van der Waals surface area (Å²) < 4.78 is 25.6. The van der Waals surface area contributed by atoms with E-state index < -0.39 is 20.5 Å². The van der Waals surface area contributed by atoms with E-state index in [9.17, 15) is 19.4 Å². The van der Waals surface area contributed by atoms with Gasteiger partial charge in [-0.3, -0.25) is 13.8 Å². The maximum atomic E-state index is 11.8. The van der Waals surface area contributed by atoms with E-state index in [2.05, 4.69) is 16.0 Å². The Kier molecular flexibility index (Phi) is 25.8. The van der Waals surface area contributed by atoms with E-state index >= 15 is 0 Å². The summed E-state index contributed by atoms with van der Waals surface area (Å²) in [6.07, 6.45) is 23.9. The second kappa shape index (κ2) is 26.1. The number of ether oxygens (including phenoxy) is 1. The lowest BCUT2D eigenvalue weighted by Crippen LogP contribution is -2.23. The van der Waals surface area contributed by atoms with Crippen LogP contribution in [0, 0.1) is 0 Å². The van der Waals surface area contributed by atoms with Gasteiger partial charge in [-0.15, -0.1) is 0 Å². The van der Waals surface area contributed by atoms with Crippen molar-refractivity contribution >= 4 is 13.8 Å². The van der Waals surface area contributed by atoms with E-state index in [1.165, 1.54) is 103 Å². The van der Waals surface area contributed by atoms with Gasteiger partial charge in [0, 0.05) is 13.0 Å². The van der Waals surface area contributed by atoms with Gasteiger partial charge in [0.1, 0.15) is 12.7 Å². The molecule has 0 heterocycles. The van der Waals surface area contributed by atoms with Crippen molar-refractivity contribution in [2.24, 2.45) is 5.73 Å². The zero-order valence-electron chi connectivity index (χ0n) is 23.0. The maximum absolute atomic E-state index is 11.8. The van der Waals surface area contributed by atoms with Gasteiger partial charge in [0.25, 0.3) is 0 Å². The van der Waals surface area contributed by atoms with E-state index in [1.807, 2.05) is 0 Å². The van der Waals surface area contributed by atoms with Crippen LogP contribution >= 0.6 is 7.82 Å². The Bertz CT molecular complexity index is 536. The minimum Gasteiger partial charge on any atom is -0.463 e. The Morgan fingerprint density at radius 1 is 0.722 bits per heavy atom. The molecular formula is C27H56NO7P. The van der Waals surface area contributed by atoms with Gasteiger partial charge < -0.3 is 20.5 Å². The largest absolute Gasteiger partial charge is 0.472 e. The van der Waals surface area contributed by atoms with Crippen molar-refractivity contribution in [1.29, 1.82) is 0 Å². The monoisotopic (exact) mass is 537 g/mol. The highest BCUT2D eigenvalue weighted by Gasteiger charge is 2.22. The molecule has 8 nitrogen and oxygen atoms in total. The standard InChI is InChI=1S/C27H56NO7P/c1-2-3-4-5-6-7-8-9-10-11-12-13-14-15-16-17-18-19-20-21-27(30)33-24-26(29)25-35-36(31,32)34-23-22-28/h26,29H,2-25,28H2,1H3,(H,31,32). The number of aliphatic hydroxyl groups excluding tert-OH is 1. The van der Waals surface area contributed by atoms with Gasteiger partial charge in [-0.1, -0.05) is 122 Å². The molecule has 0 rings (SSSR count). The summed E-state index contributed by atoms with van der Waals surface area (Å²) in [7, 11) is -4.24. The van der Waals surface area contributed by atoms with E-state index in [0.717, 1.165) is 19.3 Å². The molecule has 36 heavy (non-hydrogen) atoms. The molecule has 0 spiro atoms. The lowest BCUT2D eigenvalue weighted by molar-refractivity contribution is -0.147. The number of carbonyl (C=O) groups excluding carboxylic acids is 1. The molecule has 216 valence electrons. The maximum Gasteiger partial charge on any atom is 0.472 e. The van der Waals surface area contributed by atoms with Gasteiger partial charge in [-0.05, 0) is 6.42 Å². The molecule has 9 heteroatoms. The Morgan fingerprint density at radius 3 is 1.56 bits per heavy atom. The Balaban J connectivity index is 3.35. The second-order valence-corrected chi connectivity index (χ2v) is 11.3. The molecule has 2 unspecified atom stereocenters. The predicted molar refractivity (Wildman–Crippen MR) is 146 cm³/mol. The van der Waals surface area contributed by atoms with Crippen LogP contribution in [0.25, 0.3) is 0 Å². The number of hydrogen-bond donors (Lipinski definition) is 3. The summed E-state index contributed by atoms with van der Waals surface area (Å²) >= 11 is 0. The highest BCUT2D eigenvalue weighted by atomic mass is 31.2. The number of aliphatic hydroxyl groups is 1. The number of carbonyl (C=O) groups is 1. The fourth-order valence-corrected chi connectivity index (χ4v) is 4.81. The molecule has 0 aromatic heterocycles. The van der Waals surface area contributed by atoms with Crippen molar-refractivity contribution in [2.75, 3.05) is 26.4 Å². The summed E-state index contributed by atoms with van der Waals surface area (Å²) in [6, 6.07) is 0. The lowest BCUT2D eigenvalue weighted by Gasteiger charge is -2.15. The van der Waals surface area contributed by atoms with Crippen molar-refractivity contribution in [3.63, 3.8) is 0 Å². The number of phosphoric acid groups is 1. The smallest absolute Gasteiger partial charge is 0.463 e. The lowest BCUT2D eigenvalue weighted by atomic mass is 10.0. The predicted octanol–water partition coefficient (Wildman–Crippen LogP) is 6.80. The van der Waals surface area contributed by atoms with Gasteiger partial charge in [-0.25, -0.2) is 4.57 Å². The molecule has 0 saturated heterocycles. The van der Waals surface area contributed by atoms with Crippen molar-refractivity contribution in [1.82, 2.24) is 0 Å². The highest BCUT2D eigenvalue weighted by molar-refractivity contribution is 7.47. The van der Waals surface area contributed by atoms with E-state index in [1.54, 1.807) is 0 Å². The molecule has 0 radical (unpaired) electrons. The molecule has 0 fully saturated rings. The first kappa shape index (κ1) is 35.5. The third kappa shape index (κ3) is 26.6. The number of hydrogen-bond acceptors (Lipinski definition) is 7. The average molecular weight is 538 g/mol. The number of unbranched alkanes of at least 4 members (excludes halogenated alkanes) is 18. The normalized spacial score (nSPS) is 14.0. The molecule has 4 N–H and O–H groups in total. The van der Waals surface area contributed by atoms with Gasteiger partial charge in [0.05, 0.1) is 13.2 Å².